The molecule has 0 bridgehead atoms. The van der Waals surface area contributed by atoms with E-state index in [4.69, 9.17) is 0 Å². The van der Waals surface area contributed by atoms with Crippen LogP contribution in [0.3, 0.4) is 0 Å². The van der Waals surface area contributed by atoms with Crippen LogP contribution in [0.4, 0.5) is 0 Å². The molecule has 0 aliphatic carbocycles. The van der Waals surface area contributed by atoms with Crippen LogP contribution in [0.25, 0.3) is 0 Å². The molecule has 0 saturated heterocycles. The zero-order valence-corrected chi connectivity index (χ0v) is 44.7. The van der Waals surface area contributed by atoms with Crippen molar-refractivity contribution in [2.24, 2.45) is 0 Å². The monoisotopic (exact) mass is 896 g/mol. The third kappa shape index (κ3) is 50.5. The molecule has 0 aromatic heterocycles. The van der Waals surface area contributed by atoms with Crippen molar-refractivity contribution in [1.29, 1.82) is 0 Å². The summed E-state index contributed by atoms with van der Waals surface area (Å²) in [6.45, 7) is 6.89. The van der Waals surface area contributed by atoms with Crippen LogP contribution in [0.5, 0.6) is 0 Å². The molecule has 0 saturated carbocycles. The van der Waals surface area contributed by atoms with Gasteiger partial charge in [-0.3, -0.25) is 9.59 Å². The van der Waals surface area contributed by atoms with Gasteiger partial charge in [-0.15, -0.1) is 0 Å². The second-order valence-corrected chi connectivity index (χ2v) is 20.9. The first kappa shape index (κ1) is 63.1. The molecule has 0 N–H and O–H groups in total. The molecule has 0 heterocycles. The van der Waals surface area contributed by atoms with Crippen molar-refractivity contribution in [3.63, 3.8) is 0 Å². The summed E-state index contributed by atoms with van der Waals surface area (Å²) in [5.74, 6) is 1.05. The Hall–Kier alpha value is -0.920. The number of carbonyl (C=O) groups is 2. The molecule has 2 heteroatoms. The van der Waals surface area contributed by atoms with Gasteiger partial charge < -0.3 is 0 Å². The Morgan fingerprint density at radius 3 is 0.609 bits per heavy atom. The lowest BCUT2D eigenvalue weighted by molar-refractivity contribution is -0.125. The zero-order chi connectivity index (χ0) is 46.3. The Balaban J connectivity index is 4.20. The molecule has 2 nitrogen and oxygen atoms in total. The first-order chi connectivity index (χ1) is 31.7. The Morgan fingerprint density at radius 2 is 0.391 bits per heavy atom. The summed E-state index contributed by atoms with van der Waals surface area (Å²) in [4.78, 5) is 27.0. The number of ketones is 2. The number of Topliss-reactive ketones (excluding diaryl/α,β-unsaturated/α-hetero) is 2. The van der Waals surface area contributed by atoms with E-state index >= 15 is 0 Å². The highest BCUT2D eigenvalue weighted by molar-refractivity contribution is 6.16. The molecule has 64 heavy (non-hydrogen) atoms. The number of hydrogen-bond acceptors (Lipinski definition) is 2. The molecule has 0 aromatic carbocycles. The van der Waals surface area contributed by atoms with E-state index in [9.17, 15) is 9.59 Å². The van der Waals surface area contributed by atoms with Crippen molar-refractivity contribution in [3.8, 4) is 0 Å². The van der Waals surface area contributed by atoms with E-state index in [1.165, 1.54) is 289 Å². The fourth-order valence-corrected chi connectivity index (χ4v) is 9.84. The highest BCUT2D eigenvalue weighted by atomic mass is 16.1. The second kappa shape index (κ2) is 56.4. The van der Waals surface area contributed by atoms with Crippen LogP contribution in [0.15, 0.2) is 12.2 Å². The molecule has 0 aromatic rings. The largest absolute Gasteiger partial charge is 0.299 e. The van der Waals surface area contributed by atoms with E-state index in [1.54, 1.807) is 0 Å². The Bertz CT molecular complexity index is 866. The molecule has 0 fully saturated rings. The van der Waals surface area contributed by atoms with Gasteiger partial charge in [0.1, 0.15) is 17.5 Å². The first-order valence-corrected chi connectivity index (χ1v) is 30.2. The minimum absolute atomic E-state index is 0.185. The van der Waals surface area contributed by atoms with E-state index in [0.29, 0.717) is 25.2 Å². The third-order valence-corrected chi connectivity index (χ3v) is 14.4. The molecule has 0 unspecified atom stereocenters. The summed E-state index contributed by atoms with van der Waals surface area (Å²) >= 11 is 0. The van der Waals surface area contributed by atoms with Gasteiger partial charge in [0.05, 0.1) is 0 Å². The van der Waals surface area contributed by atoms with Gasteiger partial charge in [0, 0.05) is 12.8 Å². The lowest BCUT2D eigenvalue weighted by Gasteiger charge is -2.14. The number of carbonyl (C=O) groups excluding carboxylic acids is 2. The van der Waals surface area contributed by atoms with Crippen molar-refractivity contribution in [1.82, 2.24) is 0 Å². The van der Waals surface area contributed by atoms with Gasteiger partial charge in [-0.2, -0.15) is 0 Å². The average molecular weight is 897 g/mol. The van der Waals surface area contributed by atoms with Gasteiger partial charge in [0.2, 0.25) is 0 Å². The predicted octanol–water partition coefficient (Wildman–Crippen LogP) is 22.4. The minimum atomic E-state index is 0.185. The average Bonchev–Trinajstić information content (AvgIpc) is 3.30. The second-order valence-electron chi connectivity index (χ2n) is 20.9. The molecular weight excluding hydrogens is 777 g/mol. The van der Waals surface area contributed by atoms with Crippen LogP contribution < -0.4 is 0 Å². The maximum atomic E-state index is 13.5. The summed E-state index contributed by atoms with van der Waals surface area (Å²) in [7, 11) is 0. The topological polar surface area (TPSA) is 34.1 Å². The van der Waals surface area contributed by atoms with Gasteiger partial charge in [-0.05, 0) is 44.9 Å². The van der Waals surface area contributed by atoms with Crippen molar-refractivity contribution in [2.45, 2.75) is 367 Å². The van der Waals surface area contributed by atoms with Crippen LogP contribution in [0, 0.1) is 5.92 Å². The quantitative estimate of drug-likeness (QED) is 0.0346. The fraction of sp³-hybridized carbons (Fsp3) is 0.919. The molecule has 0 amide bonds. The predicted molar refractivity (Wildman–Crippen MR) is 289 cm³/mol. The van der Waals surface area contributed by atoms with Crippen molar-refractivity contribution >= 4 is 11.6 Å². The minimum Gasteiger partial charge on any atom is -0.299 e. The van der Waals surface area contributed by atoms with Gasteiger partial charge in [0.25, 0.3) is 0 Å². The Morgan fingerprint density at radius 1 is 0.219 bits per heavy atom. The maximum absolute atomic E-state index is 13.5. The van der Waals surface area contributed by atoms with Crippen LogP contribution in [-0.4, -0.2) is 11.6 Å². The van der Waals surface area contributed by atoms with Crippen molar-refractivity contribution in [2.75, 3.05) is 0 Å². The molecule has 0 spiro atoms. The standard InChI is InChI=1S/C62H119O2/c1-4-7-10-13-16-19-22-25-28-30-32-34-37-40-43-46-49-52-55-58-61(63)60(57-54-51-48-45-42-39-36-27-24-21-18-15-12-9-6-3)62(64)59-56-53-50-47-44-41-38-35-33-31-29-26-23-20-17-14-11-8-5-2/h27,36H,4-26,28-35,37-59H2,1-3H3/b36-27-. The summed E-state index contributed by atoms with van der Waals surface area (Å²) in [5, 5.41) is 0. The molecule has 0 rings (SSSR count). The highest BCUT2D eigenvalue weighted by Gasteiger charge is 2.26. The van der Waals surface area contributed by atoms with Crippen LogP contribution >= 0.6 is 0 Å². The third-order valence-electron chi connectivity index (χ3n) is 14.4. The molecule has 1 radical (unpaired) electrons. The van der Waals surface area contributed by atoms with Gasteiger partial charge in [0.15, 0.2) is 0 Å². The Labute approximate surface area is 405 Å². The van der Waals surface area contributed by atoms with E-state index in [0.717, 1.165) is 38.5 Å². The van der Waals surface area contributed by atoms with E-state index in [1.807, 2.05) is 0 Å². The van der Waals surface area contributed by atoms with E-state index in [2.05, 4.69) is 32.9 Å². The van der Waals surface area contributed by atoms with Crippen LogP contribution in [0.2, 0.25) is 0 Å². The number of allylic oxidation sites excluding steroid dienone is 2. The van der Waals surface area contributed by atoms with Crippen LogP contribution in [0.1, 0.15) is 367 Å². The normalized spacial score (nSPS) is 11.8. The van der Waals surface area contributed by atoms with Gasteiger partial charge >= 0.3 is 0 Å². The summed E-state index contributed by atoms with van der Waals surface area (Å²) in [6.07, 6.45) is 75.1. The van der Waals surface area contributed by atoms with Crippen molar-refractivity contribution in [3.05, 3.63) is 18.1 Å². The lowest BCUT2D eigenvalue weighted by Crippen LogP contribution is -2.22. The Kier molecular flexibility index (Phi) is 55.6. The molecule has 0 aliphatic rings. The SMILES string of the molecule is CCCCCCCC/C=C\CCCCCCC[C](C(=O)CCCCCCCCCCCCCCCCCCCCC)C(=O)CCCCCCCCCCCCCCCCCCCCC. The summed E-state index contributed by atoms with van der Waals surface area (Å²) < 4.78 is 0. The molecule has 0 aliphatic heterocycles. The van der Waals surface area contributed by atoms with Crippen molar-refractivity contribution < 1.29 is 9.59 Å². The lowest BCUT2D eigenvalue weighted by atomic mass is 9.87. The molecule has 379 valence electrons. The van der Waals surface area contributed by atoms with E-state index in [-0.39, 0.29) is 11.6 Å². The zero-order valence-electron chi connectivity index (χ0n) is 44.7. The highest BCUT2D eigenvalue weighted by Crippen LogP contribution is 2.23. The number of hydrogen-bond donors (Lipinski definition) is 0. The number of unbranched alkanes of at least 4 members (excludes halogenated alkanes) is 47. The molecule has 0 atom stereocenters. The summed E-state index contributed by atoms with van der Waals surface area (Å²) in [6, 6.07) is 0. The molecular formula is C62H119O2. The van der Waals surface area contributed by atoms with Crippen LogP contribution in [-0.2, 0) is 9.59 Å². The summed E-state index contributed by atoms with van der Waals surface area (Å²) in [5.41, 5.74) is 0. The maximum Gasteiger partial charge on any atom is 0.147 e. The number of rotatable bonds is 57. The van der Waals surface area contributed by atoms with Gasteiger partial charge in [-0.1, -0.05) is 322 Å². The van der Waals surface area contributed by atoms with E-state index < -0.39 is 0 Å². The first-order valence-electron chi connectivity index (χ1n) is 30.2. The fourth-order valence-electron chi connectivity index (χ4n) is 9.84. The smallest absolute Gasteiger partial charge is 0.147 e. The van der Waals surface area contributed by atoms with Gasteiger partial charge in [-0.25, -0.2) is 0 Å².